The van der Waals surface area contributed by atoms with Crippen molar-refractivity contribution in [2.24, 2.45) is 5.92 Å². The second-order valence-corrected chi connectivity index (χ2v) is 6.53. The highest BCUT2D eigenvalue weighted by Crippen LogP contribution is 2.30. The number of thiazole rings is 1. The van der Waals surface area contributed by atoms with Gasteiger partial charge in [-0.2, -0.15) is 0 Å². The monoisotopic (exact) mass is 279 g/mol. The molecule has 2 fully saturated rings. The van der Waals surface area contributed by atoms with Gasteiger partial charge in [0.05, 0.1) is 10.9 Å². The second kappa shape index (κ2) is 5.59. The summed E-state index contributed by atoms with van der Waals surface area (Å²) in [6.07, 6.45) is 3.27. The van der Waals surface area contributed by atoms with Crippen molar-refractivity contribution in [1.29, 1.82) is 0 Å². The number of carbonyl (C=O) groups is 1. The highest BCUT2D eigenvalue weighted by Gasteiger charge is 2.31. The summed E-state index contributed by atoms with van der Waals surface area (Å²) in [5.74, 6) is 1.01. The average Bonchev–Trinajstić information content (AvgIpc) is 3.09. The van der Waals surface area contributed by atoms with Gasteiger partial charge >= 0.3 is 0 Å². The summed E-state index contributed by atoms with van der Waals surface area (Å²) in [7, 11) is 0. The lowest BCUT2D eigenvalue weighted by molar-refractivity contribution is -0.136. The summed E-state index contributed by atoms with van der Waals surface area (Å²) in [5, 5.41) is 6.60. The van der Waals surface area contributed by atoms with Crippen molar-refractivity contribution in [3.8, 4) is 0 Å². The normalized spacial score (nSPS) is 27.7. The van der Waals surface area contributed by atoms with Gasteiger partial charge in [0.25, 0.3) is 0 Å². The van der Waals surface area contributed by atoms with Crippen LogP contribution in [0.3, 0.4) is 0 Å². The third kappa shape index (κ3) is 2.82. The van der Waals surface area contributed by atoms with Gasteiger partial charge in [0.1, 0.15) is 0 Å². The number of amides is 1. The van der Waals surface area contributed by atoms with E-state index in [1.54, 1.807) is 11.3 Å². The Morgan fingerprint density at radius 2 is 2.42 bits per heavy atom. The van der Waals surface area contributed by atoms with Crippen LogP contribution in [0.25, 0.3) is 0 Å². The molecule has 1 aromatic heterocycles. The van der Waals surface area contributed by atoms with Crippen LogP contribution in [-0.2, 0) is 4.79 Å². The van der Waals surface area contributed by atoms with Crippen molar-refractivity contribution in [2.45, 2.75) is 32.1 Å². The molecular weight excluding hydrogens is 258 g/mol. The highest BCUT2D eigenvalue weighted by atomic mass is 32.1. The quantitative estimate of drug-likeness (QED) is 0.897. The van der Waals surface area contributed by atoms with Crippen LogP contribution >= 0.6 is 11.3 Å². The zero-order valence-corrected chi connectivity index (χ0v) is 12.2. The summed E-state index contributed by atoms with van der Waals surface area (Å²) in [5.41, 5.74) is 1.10. The van der Waals surface area contributed by atoms with E-state index in [2.05, 4.69) is 20.6 Å². The van der Waals surface area contributed by atoms with Crippen molar-refractivity contribution in [3.63, 3.8) is 0 Å². The number of rotatable bonds is 2. The molecule has 4 nitrogen and oxygen atoms in total. The van der Waals surface area contributed by atoms with E-state index in [0.717, 1.165) is 44.7 Å². The zero-order chi connectivity index (χ0) is 13.2. The minimum absolute atomic E-state index is 0.205. The molecule has 1 N–H and O–H groups in total. The molecule has 2 unspecified atom stereocenters. The van der Waals surface area contributed by atoms with Gasteiger partial charge in [-0.1, -0.05) is 0 Å². The molecule has 1 amide bonds. The molecule has 2 aliphatic heterocycles. The van der Waals surface area contributed by atoms with E-state index in [0.29, 0.717) is 11.8 Å². The van der Waals surface area contributed by atoms with Crippen LogP contribution in [0.5, 0.6) is 0 Å². The summed E-state index contributed by atoms with van der Waals surface area (Å²) in [6, 6.07) is 0. The molecule has 0 aromatic carbocycles. The van der Waals surface area contributed by atoms with Crippen LogP contribution < -0.4 is 5.32 Å². The molecule has 0 spiro atoms. The molecule has 5 heteroatoms. The number of aromatic nitrogens is 1. The molecule has 104 valence electrons. The lowest BCUT2D eigenvalue weighted by Crippen LogP contribution is -2.42. The topological polar surface area (TPSA) is 45.2 Å². The summed E-state index contributed by atoms with van der Waals surface area (Å²) in [6.45, 7) is 5.67. The van der Waals surface area contributed by atoms with E-state index in [-0.39, 0.29) is 5.92 Å². The standard InChI is InChI=1S/C14H21N3OS/c1-10-9-19-13(16-10)12-3-2-6-17(8-12)14(18)11-4-5-15-7-11/h9,11-12,15H,2-8H2,1H3. The molecule has 3 heterocycles. The number of nitrogens with one attached hydrogen (secondary N) is 1. The maximum Gasteiger partial charge on any atom is 0.227 e. The van der Waals surface area contributed by atoms with E-state index < -0.39 is 0 Å². The Bertz CT molecular complexity index is 453. The maximum atomic E-state index is 12.5. The molecule has 0 radical (unpaired) electrons. The summed E-state index contributed by atoms with van der Waals surface area (Å²) in [4.78, 5) is 19.1. The first-order valence-electron chi connectivity index (χ1n) is 7.15. The Hall–Kier alpha value is -0.940. The van der Waals surface area contributed by atoms with E-state index in [1.807, 2.05) is 6.92 Å². The molecule has 2 atom stereocenters. The van der Waals surface area contributed by atoms with Crippen molar-refractivity contribution in [2.75, 3.05) is 26.2 Å². The van der Waals surface area contributed by atoms with Crippen LogP contribution in [0.4, 0.5) is 0 Å². The third-order valence-corrected chi connectivity index (χ3v) is 5.25. The Balaban J connectivity index is 1.65. The van der Waals surface area contributed by atoms with Crippen molar-refractivity contribution in [1.82, 2.24) is 15.2 Å². The van der Waals surface area contributed by atoms with Gasteiger partial charge in [-0.3, -0.25) is 4.79 Å². The van der Waals surface area contributed by atoms with Crippen LogP contribution in [-0.4, -0.2) is 42.0 Å². The number of carbonyl (C=O) groups excluding carboxylic acids is 1. The fourth-order valence-electron chi connectivity index (χ4n) is 3.06. The van der Waals surface area contributed by atoms with Crippen LogP contribution in [0, 0.1) is 12.8 Å². The van der Waals surface area contributed by atoms with Gasteiger partial charge in [-0.25, -0.2) is 4.98 Å². The molecule has 0 bridgehead atoms. The molecular formula is C14H21N3OS. The van der Waals surface area contributed by atoms with Crippen LogP contribution in [0.15, 0.2) is 5.38 Å². The lowest BCUT2D eigenvalue weighted by atomic mass is 9.97. The zero-order valence-electron chi connectivity index (χ0n) is 11.4. The van der Waals surface area contributed by atoms with E-state index in [4.69, 9.17) is 0 Å². The van der Waals surface area contributed by atoms with Crippen LogP contribution in [0.2, 0.25) is 0 Å². The number of nitrogens with zero attached hydrogens (tertiary/aromatic N) is 2. The Morgan fingerprint density at radius 3 is 3.11 bits per heavy atom. The third-order valence-electron chi connectivity index (χ3n) is 4.13. The first kappa shape index (κ1) is 13.1. The lowest BCUT2D eigenvalue weighted by Gasteiger charge is -2.33. The van der Waals surface area contributed by atoms with E-state index in [1.165, 1.54) is 11.4 Å². The van der Waals surface area contributed by atoms with Crippen molar-refractivity contribution in [3.05, 3.63) is 16.1 Å². The highest BCUT2D eigenvalue weighted by molar-refractivity contribution is 7.09. The summed E-state index contributed by atoms with van der Waals surface area (Å²) < 4.78 is 0. The fourth-order valence-corrected chi connectivity index (χ4v) is 3.99. The van der Waals surface area contributed by atoms with Gasteiger partial charge in [0.2, 0.25) is 5.91 Å². The predicted octanol–water partition coefficient (Wildman–Crippen LogP) is 1.77. The van der Waals surface area contributed by atoms with Gasteiger partial charge in [0, 0.05) is 36.6 Å². The first-order valence-corrected chi connectivity index (χ1v) is 8.03. The maximum absolute atomic E-state index is 12.5. The van der Waals surface area contributed by atoms with Gasteiger partial charge < -0.3 is 10.2 Å². The second-order valence-electron chi connectivity index (χ2n) is 5.64. The van der Waals surface area contributed by atoms with Gasteiger partial charge in [-0.15, -0.1) is 11.3 Å². The Labute approximate surface area is 118 Å². The Morgan fingerprint density at radius 1 is 1.53 bits per heavy atom. The molecule has 1 aromatic rings. The van der Waals surface area contributed by atoms with E-state index in [9.17, 15) is 4.79 Å². The predicted molar refractivity (Wildman–Crippen MR) is 76.4 cm³/mol. The fraction of sp³-hybridized carbons (Fsp3) is 0.714. The molecule has 0 aliphatic carbocycles. The summed E-state index contributed by atoms with van der Waals surface area (Å²) >= 11 is 1.74. The largest absolute Gasteiger partial charge is 0.342 e. The molecule has 2 saturated heterocycles. The van der Waals surface area contributed by atoms with E-state index >= 15 is 0 Å². The van der Waals surface area contributed by atoms with Crippen LogP contribution in [0.1, 0.15) is 35.9 Å². The number of piperidine rings is 1. The smallest absolute Gasteiger partial charge is 0.227 e. The average molecular weight is 279 g/mol. The number of hydrogen-bond donors (Lipinski definition) is 1. The number of hydrogen-bond acceptors (Lipinski definition) is 4. The minimum atomic E-state index is 0.205. The van der Waals surface area contributed by atoms with Gasteiger partial charge in [-0.05, 0) is 32.7 Å². The first-order chi connectivity index (χ1) is 9.24. The SMILES string of the molecule is Cc1csc(C2CCCN(C(=O)C3CCNC3)C2)n1. The number of aryl methyl sites for hydroxylation is 1. The molecule has 2 aliphatic rings. The molecule has 0 saturated carbocycles. The van der Waals surface area contributed by atoms with Crippen molar-refractivity contribution < 1.29 is 4.79 Å². The van der Waals surface area contributed by atoms with Gasteiger partial charge in [0.15, 0.2) is 0 Å². The van der Waals surface area contributed by atoms with Crippen molar-refractivity contribution >= 4 is 17.2 Å². The molecule has 3 rings (SSSR count). The Kier molecular flexibility index (Phi) is 3.84. The minimum Gasteiger partial charge on any atom is -0.342 e. The molecule has 19 heavy (non-hydrogen) atoms. The number of likely N-dealkylation sites (tertiary alicyclic amines) is 1.